The first-order chi connectivity index (χ1) is 19.4. The molecule has 2 N–H and O–H groups in total. The Morgan fingerprint density at radius 3 is 2.40 bits per heavy atom. The fourth-order valence-corrected chi connectivity index (χ4v) is 6.18. The summed E-state index contributed by atoms with van der Waals surface area (Å²) in [5, 5.41) is 17.3. The molecule has 1 saturated carbocycles. The number of fused-ring (bicyclic) bond motifs is 5. The lowest BCUT2D eigenvalue weighted by molar-refractivity contribution is -0.144. The van der Waals surface area contributed by atoms with E-state index in [2.05, 4.69) is 22.6 Å². The molecule has 1 aliphatic heterocycles. The Balaban J connectivity index is 1.30. The lowest BCUT2D eigenvalue weighted by Crippen LogP contribution is -2.48. The van der Waals surface area contributed by atoms with Crippen LogP contribution in [0.4, 0.5) is 0 Å². The number of carbonyl (C=O) groups excluding carboxylic acids is 2. The average Bonchev–Trinajstić information content (AvgIpc) is 3.34. The van der Waals surface area contributed by atoms with Crippen molar-refractivity contribution >= 4 is 23.5 Å². The van der Waals surface area contributed by atoms with E-state index in [1.807, 2.05) is 55.5 Å². The van der Waals surface area contributed by atoms with Crippen LogP contribution in [-0.4, -0.2) is 58.2 Å². The topological polar surface area (TPSA) is 108 Å². The van der Waals surface area contributed by atoms with Crippen LogP contribution in [0.15, 0.2) is 77.5 Å². The average molecular weight is 540 g/mol. The van der Waals surface area contributed by atoms with Gasteiger partial charge >= 0.3 is 5.97 Å². The lowest BCUT2D eigenvalue weighted by Gasteiger charge is -2.25. The molecular weight excluding hydrogens is 506 g/mol. The van der Waals surface area contributed by atoms with Crippen molar-refractivity contribution in [3.05, 3.63) is 83.5 Å². The van der Waals surface area contributed by atoms with Gasteiger partial charge in [-0.25, -0.2) is 4.79 Å². The predicted molar refractivity (Wildman–Crippen MR) is 150 cm³/mol. The summed E-state index contributed by atoms with van der Waals surface area (Å²) in [6, 6.07) is 16.0. The molecule has 2 aromatic carbocycles. The molecule has 4 atom stereocenters. The van der Waals surface area contributed by atoms with Gasteiger partial charge in [-0.05, 0) is 49.8 Å². The zero-order valence-corrected chi connectivity index (χ0v) is 22.5. The van der Waals surface area contributed by atoms with E-state index in [-0.39, 0.29) is 18.2 Å². The van der Waals surface area contributed by atoms with Crippen LogP contribution in [0.1, 0.15) is 50.2 Å². The molecule has 206 valence electrons. The standard InChI is InChI=1S/C32H33N3O5/c1-2-35-16-10-4-3-5-11-20-19-32(20,31(38)39)33-29(36)26-17-21(18-27(26)30(35)37)40-34-28-24-14-8-6-12-22(24)23-13-7-9-15-25(23)28/h5-9,11-15,18,20-21,26H,2-4,10,16-17,19H2,1H3,(H,33,36)(H,38,39)/b11-5-/t20-,21+,26+,32+/m0/s1. The number of nitrogens with one attached hydrogen (secondary N) is 1. The maximum absolute atomic E-state index is 13.7. The minimum absolute atomic E-state index is 0.206. The van der Waals surface area contributed by atoms with Gasteiger partial charge in [-0.1, -0.05) is 65.8 Å². The highest BCUT2D eigenvalue weighted by atomic mass is 16.6. The van der Waals surface area contributed by atoms with Crippen molar-refractivity contribution in [2.45, 2.75) is 50.7 Å². The first kappa shape index (κ1) is 26.0. The number of amides is 2. The molecule has 8 nitrogen and oxygen atoms in total. The van der Waals surface area contributed by atoms with Gasteiger partial charge < -0.3 is 20.2 Å². The van der Waals surface area contributed by atoms with E-state index in [0.29, 0.717) is 30.8 Å². The van der Waals surface area contributed by atoms with E-state index < -0.39 is 29.4 Å². The Morgan fingerprint density at radius 1 is 1.07 bits per heavy atom. The maximum atomic E-state index is 13.7. The van der Waals surface area contributed by atoms with Gasteiger partial charge in [0.2, 0.25) is 11.8 Å². The maximum Gasteiger partial charge on any atom is 0.330 e. The van der Waals surface area contributed by atoms with Crippen LogP contribution >= 0.6 is 0 Å². The van der Waals surface area contributed by atoms with Crippen LogP contribution in [0, 0.1) is 11.8 Å². The highest BCUT2D eigenvalue weighted by molar-refractivity contribution is 6.24. The Hall–Kier alpha value is -4.20. The molecule has 1 fully saturated rings. The van der Waals surface area contributed by atoms with Crippen LogP contribution in [0.2, 0.25) is 0 Å². The number of likely N-dealkylation sites (N-methyl/N-ethyl adjacent to an activating group) is 1. The fraction of sp³-hybridized carbons (Fsp3) is 0.375. The minimum atomic E-state index is -1.33. The van der Waals surface area contributed by atoms with Crippen LogP contribution in [0.3, 0.4) is 0 Å². The second kappa shape index (κ2) is 10.4. The highest BCUT2D eigenvalue weighted by Crippen LogP contribution is 2.46. The SMILES string of the molecule is CCN1CCCC/C=C\[C@H]2C[C@@]2(C(=O)O)NC(=O)[C@@H]2C[C@@H](ON=C3c4ccccc4-c4ccccc43)C=C2C1=O. The molecule has 0 radical (unpaired) electrons. The monoisotopic (exact) mass is 539 g/mol. The van der Waals surface area contributed by atoms with E-state index in [0.717, 1.165) is 41.5 Å². The van der Waals surface area contributed by atoms with Crippen LogP contribution in [0.5, 0.6) is 0 Å². The van der Waals surface area contributed by atoms with Gasteiger partial charge in [0.25, 0.3) is 0 Å². The minimum Gasteiger partial charge on any atom is -0.479 e. The third-order valence-electron chi connectivity index (χ3n) is 8.54. The summed E-state index contributed by atoms with van der Waals surface area (Å²) in [4.78, 5) is 47.2. The Labute approximate surface area is 233 Å². The van der Waals surface area contributed by atoms with Gasteiger partial charge in [0.05, 0.1) is 5.92 Å². The summed E-state index contributed by atoms with van der Waals surface area (Å²) in [5.74, 6) is -2.79. The van der Waals surface area contributed by atoms with Crippen molar-refractivity contribution in [2.75, 3.05) is 13.1 Å². The largest absolute Gasteiger partial charge is 0.479 e. The van der Waals surface area contributed by atoms with Crippen molar-refractivity contribution < 1.29 is 24.3 Å². The molecule has 1 heterocycles. The molecule has 2 aromatic rings. The number of carbonyl (C=O) groups is 3. The quantitative estimate of drug-likeness (QED) is 0.380. The molecule has 2 amide bonds. The molecule has 0 aromatic heterocycles. The Morgan fingerprint density at radius 2 is 1.75 bits per heavy atom. The van der Waals surface area contributed by atoms with Crippen LogP contribution in [0.25, 0.3) is 11.1 Å². The third kappa shape index (κ3) is 4.51. The van der Waals surface area contributed by atoms with Gasteiger partial charge in [-0.2, -0.15) is 0 Å². The number of carboxylic acids is 1. The summed E-state index contributed by atoms with van der Waals surface area (Å²) < 4.78 is 0. The predicted octanol–water partition coefficient (Wildman–Crippen LogP) is 4.30. The van der Waals surface area contributed by atoms with Crippen molar-refractivity contribution in [3.63, 3.8) is 0 Å². The van der Waals surface area contributed by atoms with Gasteiger partial charge in [0.1, 0.15) is 17.4 Å². The van der Waals surface area contributed by atoms with Crippen molar-refractivity contribution in [1.82, 2.24) is 10.2 Å². The van der Waals surface area contributed by atoms with Gasteiger partial charge in [0, 0.05) is 42.1 Å². The molecule has 3 aliphatic carbocycles. The third-order valence-corrected chi connectivity index (χ3v) is 8.54. The Kier molecular flexibility index (Phi) is 6.78. The fourth-order valence-electron chi connectivity index (χ4n) is 6.18. The molecule has 6 rings (SSSR count). The molecule has 8 heteroatoms. The number of rotatable bonds is 4. The van der Waals surface area contributed by atoms with E-state index in [9.17, 15) is 19.5 Å². The van der Waals surface area contributed by atoms with E-state index in [1.54, 1.807) is 11.0 Å². The molecule has 0 unspecified atom stereocenters. The van der Waals surface area contributed by atoms with Crippen LogP contribution < -0.4 is 5.32 Å². The molecular formula is C32H33N3O5. The number of nitrogens with zero attached hydrogens (tertiary/aromatic N) is 2. The van der Waals surface area contributed by atoms with Gasteiger partial charge in [-0.15, -0.1) is 0 Å². The second-order valence-corrected chi connectivity index (χ2v) is 11.0. The summed E-state index contributed by atoms with van der Waals surface area (Å²) in [6.07, 6.45) is 8.09. The van der Waals surface area contributed by atoms with Crippen LogP contribution in [-0.2, 0) is 19.2 Å². The number of carboxylic acid groups (broad SMARTS) is 1. The highest BCUT2D eigenvalue weighted by Gasteiger charge is 2.61. The lowest BCUT2D eigenvalue weighted by atomic mass is 9.97. The summed E-state index contributed by atoms with van der Waals surface area (Å²) in [6.45, 7) is 3.04. The van der Waals surface area contributed by atoms with Crippen molar-refractivity contribution in [1.29, 1.82) is 0 Å². The van der Waals surface area contributed by atoms with Crippen molar-refractivity contribution in [2.24, 2.45) is 17.0 Å². The molecule has 40 heavy (non-hydrogen) atoms. The first-order valence-corrected chi connectivity index (χ1v) is 14.1. The second-order valence-electron chi connectivity index (χ2n) is 11.0. The van der Waals surface area contributed by atoms with Gasteiger partial charge in [-0.3, -0.25) is 9.59 Å². The number of benzene rings is 2. The van der Waals surface area contributed by atoms with E-state index in [1.165, 1.54) is 0 Å². The molecule has 0 bridgehead atoms. The van der Waals surface area contributed by atoms with Gasteiger partial charge in [0.15, 0.2) is 0 Å². The zero-order valence-electron chi connectivity index (χ0n) is 22.5. The smallest absolute Gasteiger partial charge is 0.330 e. The first-order valence-electron chi connectivity index (χ1n) is 14.1. The summed E-state index contributed by atoms with van der Waals surface area (Å²) in [7, 11) is 0. The number of oxime groups is 1. The molecule has 0 spiro atoms. The summed E-state index contributed by atoms with van der Waals surface area (Å²) >= 11 is 0. The number of allylic oxidation sites excluding steroid dienone is 1. The summed E-state index contributed by atoms with van der Waals surface area (Å²) in [5.41, 5.74) is 3.84. The van der Waals surface area contributed by atoms with E-state index in [4.69, 9.17) is 4.84 Å². The number of aliphatic carboxylic acids is 1. The normalized spacial score (nSPS) is 28.2. The number of hydrogen-bond donors (Lipinski definition) is 2. The van der Waals surface area contributed by atoms with E-state index >= 15 is 0 Å². The molecule has 4 aliphatic rings. The van der Waals surface area contributed by atoms with Crippen molar-refractivity contribution in [3.8, 4) is 11.1 Å². The zero-order chi connectivity index (χ0) is 27.9. The number of hydrogen-bond acceptors (Lipinski definition) is 5. The Bertz CT molecular complexity index is 1410. The molecule has 0 saturated heterocycles.